The SMILES string of the molecule is CC(C)(NC(=O)C1CCCCC1)c1ccccc1S. The van der Waals surface area contributed by atoms with Crippen LogP contribution in [0.1, 0.15) is 51.5 Å². The molecule has 0 saturated heterocycles. The zero-order valence-corrected chi connectivity index (χ0v) is 12.7. The molecule has 0 aliphatic heterocycles. The van der Waals surface area contributed by atoms with Crippen LogP contribution in [0.15, 0.2) is 29.2 Å². The first-order valence-corrected chi connectivity index (χ1v) is 7.56. The van der Waals surface area contributed by atoms with E-state index in [9.17, 15) is 4.79 Å². The number of hydrogen-bond donors (Lipinski definition) is 2. The first-order valence-electron chi connectivity index (χ1n) is 7.11. The van der Waals surface area contributed by atoms with Crippen LogP contribution >= 0.6 is 12.6 Å². The highest BCUT2D eigenvalue weighted by molar-refractivity contribution is 7.80. The fourth-order valence-electron chi connectivity index (χ4n) is 2.84. The molecule has 1 fully saturated rings. The molecule has 0 unspecified atom stereocenters. The highest BCUT2D eigenvalue weighted by atomic mass is 32.1. The van der Waals surface area contributed by atoms with Gasteiger partial charge in [-0.05, 0) is 38.3 Å². The maximum absolute atomic E-state index is 12.4. The lowest BCUT2D eigenvalue weighted by atomic mass is 9.87. The van der Waals surface area contributed by atoms with Gasteiger partial charge in [0.2, 0.25) is 5.91 Å². The number of carbonyl (C=O) groups excluding carboxylic acids is 1. The summed E-state index contributed by atoms with van der Waals surface area (Å²) in [5.41, 5.74) is 0.704. The lowest BCUT2D eigenvalue weighted by molar-refractivity contribution is -0.127. The van der Waals surface area contributed by atoms with Crippen LogP contribution in [0.5, 0.6) is 0 Å². The predicted octanol–water partition coefficient (Wildman–Crippen LogP) is 3.91. The Labute approximate surface area is 121 Å². The molecule has 2 rings (SSSR count). The van der Waals surface area contributed by atoms with Crippen molar-refractivity contribution < 1.29 is 4.79 Å². The third-order valence-electron chi connectivity index (χ3n) is 3.99. The average Bonchev–Trinajstić information content (AvgIpc) is 2.39. The lowest BCUT2D eigenvalue weighted by Gasteiger charge is -2.31. The molecule has 1 N–H and O–H groups in total. The minimum absolute atomic E-state index is 0.195. The van der Waals surface area contributed by atoms with E-state index in [1.807, 2.05) is 38.1 Å². The van der Waals surface area contributed by atoms with Crippen molar-refractivity contribution in [3.05, 3.63) is 29.8 Å². The van der Waals surface area contributed by atoms with Gasteiger partial charge in [-0.15, -0.1) is 12.6 Å². The Bertz CT molecular complexity index is 450. The molecule has 104 valence electrons. The van der Waals surface area contributed by atoms with Gasteiger partial charge in [-0.2, -0.15) is 0 Å². The van der Waals surface area contributed by atoms with E-state index in [2.05, 4.69) is 17.9 Å². The summed E-state index contributed by atoms with van der Waals surface area (Å²) in [6, 6.07) is 7.95. The number of carbonyl (C=O) groups is 1. The predicted molar refractivity (Wildman–Crippen MR) is 81.4 cm³/mol. The van der Waals surface area contributed by atoms with Crippen molar-refractivity contribution in [2.75, 3.05) is 0 Å². The number of hydrogen-bond acceptors (Lipinski definition) is 2. The molecule has 1 aliphatic carbocycles. The number of benzene rings is 1. The highest BCUT2D eigenvalue weighted by Crippen LogP contribution is 2.29. The van der Waals surface area contributed by atoms with E-state index in [1.54, 1.807) is 0 Å². The normalized spacial score (nSPS) is 17.2. The van der Waals surface area contributed by atoms with E-state index in [-0.39, 0.29) is 17.4 Å². The lowest BCUT2D eigenvalue weighted by Crippen LogP contribution is -2.44. The second kappa shape index (κ2) is 6.00. The van der Waals surface area contributed by atoms with E-state index in [0.717, 1.165) is 23.3 Å². The number of amides is 1. The monoisotopic (exact) mass is 277 g/mol. The molecular formula is C16H23NOS. The van der Waals surface area contributed by atoms with Crippen LogP contribution in [0.4, 0.5) is 0 Å². The van der Waals surface area contributed by atoms with Crippen LogP contribution in [0.3, 0.4) is 0 Å². The highest BCUT2D eigenvalue weighted by Gasteiger charge is 2.29. The minimum atomic E-state index is -0.368. The molecular weight excluding hydrogens is 254 g/mol. The summed E-state index contributed by atoms with van der Waals surface area (Å²) >= 11 is 4.49. The molecule has 2 nitrogen and oxygen atoms in total. The summed E-state index contributed by atoms with van der Waals surface area (Å²) in [7, 11) is 0. The summed E-state index contributed by atoms with van der Waals surface area (Å²) < 4.78 is 0. The fourth-order valence-corrected chi connectivity index (χ4v) is 3.28. The average molecular weight is 277 g/mol. The Morgan fingerprint density at radius 1 is 1.21 bits per heavy atom. The van der Waals surface area contributed by atoms with Crippen LogP contribution in [0.2, 0.25) is 0 Å². The molecule has 0 spiro atoms. The van der Waals surface area contributed by atoms with Gasteiger partial charge in [0, 0.05) is 10.8 Å². The number of nitrogens with one attached hydrogen (secondary N) is 1. The van der Waals surface area contributed by atoms with Crippen molar-refractivity contribution in [1.82, 2.24) is 5.32 Å². The van der Waals surface area contributed by atoms with Gasteiger partial charge in [0.25, 0.3) is 0 Å². The molecule has 0 heterocycles. The Kier molecular flexibility index (Phi) is 4.56. The van der Waals surface area contributed by atoms with Crippen LogP contribution < -0.4 is 5.32 Å². The van der Waals surface area contributed by atoms with Gasteiger partial charge in [-0.3, -0.25) is 4.79 Å². The number of rotatable bonds is 3. The third-order valence-corrected chi connectivity index (χ3v) is 4.38. The van der Waals surface area contributed by atoms with Crippen molar-refractivity contribution in [1.29, 1.82) is 0 Å². The first-order chi connectivity index (χ1) is 9.00. The molecule has 19 heavy (non-hydrogen) atoms. The van der Waals surface area contributed by atoms with Crippen LogP contribution in [-0.4, -0.2) is 5.91 Å². The zero-order valence-electron chi connectivity index (χ0n) is 11.8. The Morgan fingerprint density at radius 2 is 1.84 bits per heavy atom. The van der Waals surface area contributed by atoms with Gasteiger partial charge in [0.1, 0.15) is 0 Å². The van der Waals surface area contributed by atoms with E-state index in [0.29, 0.717) is 0 Å². The van der Waals surface area contributed by atoms with E-state index in [4.69, 9.17) is 0 Å². The second-order valence-corrected chi connectivity index (χ2v) is 6.45. The Hall–Kier alpha value is -0.960. The fraction of sp³-hybridized carbons (Fsp3) is 0.562. The van der Waals surface area contributed by atoms with Crippen molar-refractivity contribution >= 4 is 18.5 Å². The molecule has 3 heteroatoms. The van der Waals surface area contributed by atoms with Gasteiger partial charge >= 0.3 is 0 Å². The third kappa shape index (κ3) is 3.53. The maximum atomic E-state index is 12.4. The Balaban J connectivity index is 2.08. The smallest absolute Gasteiger partial charge is 0.223 e. The van der Waals surface area contributed by atoms with Crippen LogP contribution in [-0.2, 0) is 10.3 Å². The molecule has 0 bridgehead atoms. The van der Waals surface area contributed by atoms with Crippen molar-refractivity contribution in [3.8, 4) is 0 Å². The molecule has 1 aromatic rings. The summed E-state index contributed by atoms with van der Waals surface area (Å²) in [4.78, 5) is 13.3. The summed E-state index contributed by atoms with van der Waals surface area (Å²) in [6.45, 7) is 4.09. The quantitative estimate of drug-likeness (QED) is 0.806. The van der Waals surface area contributed by atoms with Crippen molar-refractivity contribution in [2.45, 2.75) is 56.4 Å². The van der Waals surface area contributed by atoms with E-state index >= 15 is 0 Å². The maximum Gasteiger partial charge on any atom is 0.223 e. The molecule has 1 amide bonds. The summed E-state index contributed by atoms with van der Waals surface area (Å²) in [5.74, 6) is 0.390. The van der Waals surface area contributed by atoms with Crippen LogP contribution in [0.25, 0.3) is 0 Å². The van der Waals surface area contributed by atoms with Gasteiger partial charge in [0.15, 0.2) is 0 Å². The zero-order chi connectivity index (χ0) is 13.9. The standard InChI is InChI=1S/C16H23NOS/c1-16(2,13-10-6-7-11-14(13)19)17-15(18)12-8-4-3-5-9-12/h6-7,10-12,19H,3-5,8-9H2,1-2H3,(H,17,18). The molecule has 1 aliphatic rings. The van der Waals surface area contributed by atoms with Gasteiger partial charge < -0.3 is 5.32 Å². The summed E-state index contributed by atoms with van der Waals surface area (Å²) in [6.07, 6.45) is 5.70. The first kappa shape index (κ1) is 14.4. The molecule has 1 aromatic carbocycles. The Morgan fingerprint density at radius 3 is 2.47 bits per heavy atom. The molecule has 0 aromatic heterocycles. The van der Waals surface area contributed by atoms with Gasteiger partial charge in [-0.1, -0.05) is 37.5 Å². The molecule has 1 saturated carbocycles. The second-order valence-electron chi connectivity index (χ2n) is 5.97. The van der Waals surface area contributed by atoms with Crippen molar-refractivity contribution in [2.24, 2.45) is 5.92 Å². The summed E-state index contributed by atoms with van der Waals surface area (Å²) in [5, 5.41) is 3.20. The van der Waals surface area contributed by atoms with E-state index in [1.165, 1.54) is 19.3 Å². The molecule has 0 radical (unpaired) electrons. The number of thiol groups is 1. The molecule has 0 atom stereocenters. The minimum Gasteiger partial charge on any atom is -0.347 e. The van der Waals surface area contributed by atoms with Gasteiger partial charge in [-0.25, -0.2) is 0 Å². The van der Waals surface area contributed by atoms with Crippen LogP contribution in [0, 0.1) is 5.92 Å². The van der Waals surface area contributed by atoms with Crippen molar-refractivity contribution in [3.63, 3.8) is 0 Å². The van der Waals surface area contributed by atoms with E-state index < -0.39 is 0 Å². The topological polar surface area (TPSA) is 29.1 Å². The van der Waals surface area contributed by atoms with Gasteiger partial charge in [0.05, 0.1) is 5.54 Å². The largest absolute Gasteiger partial charge is 0.347 e.